The maximum atomic E-state index is 15.0. The SMILES string of the molecule is CCCCOC(=O)c1ccc(NC(=O)c2ccc(C)c(-c3nc(NCCN(C)C)nc4c3CNC(=O)N4c3c(F)cccc3F)c2)cc1. The van der Waals surface area contributed by atoms with Crippen LogP contribution < -0.4 is 20.9 Å². The fraction of sp³-hybridized carbons (Fsp3) is 0.286. The first kappa shape index (κ1) is 33.9. The minimum atomic E-state index is -0.934. The van der Waals surface area contributed by atoms with Gasteiger partial charge in [-0.1, -0.05) is 25.5 Å². The van der Waals surface area contributed by atoms with E-state index in [9.17, 15) is 14.4 Å². The van der Waals surface area contributed by atoms with Crippen LogP contribution >= 0.6 is 0 Å². The van der Waals surface area contributed by atoms with Crippen LogP contribution in [0.1, 0.15) is 51.6 Å². The van der Waals surface area contributed by atoms with E-state index >= 15 is 8.78 Å². The van der Waals surface area contributed by atoms with E-state index in [0.29, 0.717) is 53.3 Å². The molecule has 2 heterocycles. The first-order valence-electron chi connectivity index (χ1n) is 15.6. The lowest BCUT2D eigenvalue weighted by Crippen LogP contribution is -2.43. The Balaban J connectivity index is 1.51. The molecule has 0 saturated carbocycles. The predicted molar refractivity (Wildman–Crippen MR) is 180 cm³/mol. The van der Waals surface area contributed by atoms with Gasteiger partial charge in [0.2, 0.25) is 5.95 Å². The number of nitrogens with one attached hydrogen (secondary N) is 3. The number of ether oxygens (including phenoxy) is 1. The molecule has 0 unspecified atom stereocenters. The average Bonchev–Trinajstić information content (AvgIpc) is 3.05. The summed E-state index contributed by atoms with van der Waals surface area (Å²) in [4.78, 5) is 51.0. The molecule has 11 nitrogen and oxygen atoms in total. The highest BCUT2D eigenvalue weighted by molar-refractivity contribution is 6.06. The number of nitrogens with zero attached hydrogens (tertiary/aromatic N) is 4. The van der Waals surface area contributed by atoms with E-state index in [0.717, 1.165) is 35.4 Å². The number of halogens is 2. The zero-order chi connectivity index (χ0) is 34.4. The maximum absolute atomic E-state index is 15.0. The van der Waals surface area contributed by atoms with Crippen LogP contribution in [0, 0.1) is 18.6 Å². The van der Waals surface area contributed by atoms with Crippen molar-refractivity contribution in [3.63, 3.8) is 0 Å². The van der Waals surface area contributed by atoms with Gasteiger partial charge in [0, 0.05) is 35.5 Å². The number of urea groups is 1. The molecule has 0 bridgehead atoms. The minimum Gasteiger partial charge on any atom is -0.462 e. The standard InChI is InChI=1S/C35H37F2N7O4/c1-5-6-18-48-33(46)22-12-14-24(15-13-22)40-32(45)23-11-10-21(2)25(19-23)29-26-20-39-35(47)44(30-27(36)8-7-9-28(30)37)31(26)42-34(41-29)38-16-17-43(3)4/h7-15,19H,5-6,16-18,20H2,1-4H3,(H,39,47)(H,40,45)(H,38,41,42). The number of para-hydroxylation sites is 1. The van der Waals surface area contributed by atoms with Gasteiger partial charge < -0.3 is 25.6 Å². The number of carbonyl (C=O) groups excluding carboxylic acids is 3. The molecule has 3 aromatic carbocycles. The Morgan fingerprint density at radius 2 is 1.73 bits per heavy atom. The molecule has 0 atom stereocenters. The van der Waals surface area contributed by atoms with Gasteiger partial charge in [-0.25, -0.2) is 28.3 Å². The molecule has 0 spiro atoms. The molecule has 3 N–H and O–H groups in total. The van der Waals surface area contributed by atoms with Crippen molar-refractivity contribution in [2.45, 2.75) is 33.2 Å². The number of fused-ring (bicyclic) bond motifs is 1. The van der Waals surface area contributed by atoms with E-state index < -0.39 is 35.2 Å². The van der Waals surface area contributed by atoms with E-state index in [1.54, 1.807) is 42.5 Å². The van der Waals surface area contributed by atoms with Crippen LogP contribution in [-0.4, -0.2) is 66.6 Å². The van der Waals surface area contributed by atoms with E-state index in [4.69, 9.17) is 9.72 Å². The minimum absolute atomic E-state index is 0.0164. The van der Waals surface area contributed by atoms with Gasteiger partial charge in [-0.15, -0.1) is 0 Å². The van der Waals surface area contributed by atoms with Crippen molar-refractivity contribution < 1.29 is 27.9 Å². The van der Waals surface area contributed by atoms with E-state index in [-0.39, 0.29) is 18.3 Å². The molecule has 1 aliphatic rings. The Labute approximate surface area is 277 Å². The topological polar surface area (TPSA) is 129 Å². The van der Waals surface area contributed by atoms with Gasteiger partial charge in [-0.3, -0.25) is 4.79 Å². The molecule has 1 aromatic heterocycles. The Bertz CT molecular complexity index is 1810. The number of aryl methyl sites for hydroxylation is 1. The normalized spacial score (nSPS) is 12.4. The number of rotatable bonds is 12. The molecule has 0 aliphatic carbocycles. The summed E-state index contributed by atoms with van der Waals surface area (Å²) in [7, 11) is 3.81. The third-order valence-electron chi connectivity index (χ3n) is 7.68. The number of anilines is 4. The molecule has 0 saturated heterocycles. The summed E-state index contributed by atoms with van der Waals surface area (Å²) in [6.07, 6.45) is 1.69. The summed E-state index contributed by atoms with van der Waals surface area (Å²) < 4.78 is 35.3. The van der Waals surface area contributed by atoms with Crippen LogP contribution in [0.15, 0.2) is 60.7 Å². The van der Waals surface area contributed by atoms with Crippen LogP contribution in [0.4, 0.5) is 36.7 Å². The van der Waals surface area contributed by atoms with E-state index in [1.807, 2.05) is 32.8 Å². The number of amides is 3. The number of esters is 1. The van der Waals surface area contributed by atoms with Gasteiger partial charge in [0.25, 0.3) is 5.91 Å². The van der Waals surface area contributed by atoms with Crippen LogP contribution in [0.2, 0.25) is 0 Å². The predicted octanol–water partition coefficient (Wildman–Crippen LogP) is 6.27. The monoisotopic (exact) mass is 657 g/mol. The third kappa shape index (κ3) is 7.58. The van der Waals surface area contributed by atoms with Gasteiger partial charge in [0.15, 0.2) is 5.82 Å². The highest BCUT2D eigenvalue weighted by Crippen LogP contribution is 2.39. The summed E-state index contributed by atoms with van der Waals surface area (Å²) in [5.41, 5.74) is 2.72. The van der Waals surface area contributed by atoms with Crippen molar-refractivity contribution in [2.75, 3.05) is 49.3 Å². The van der Waals surface area contributed by atoms with Crippen LogP contribution in [0.5, 0.6) is 0 Å². The molecule has 0 radical (unpaired) electrons. The number of hydrogen-bond donors (Lipinski definition) is 3. The lowest BCUT2D eigenvalue weighted by molar-refractivity contribution is 0.0499. The Morgan fingerprint density at radius 3 is 2.42 bits per heavy atom. The first-order chi connectivity index (χ1) is 23.1. The highest BCUT2D eigenvalue weighted by Gasteiger charge is 2.34. The van der Waals surface area contributed by atoms with Crippen LogP contribution in [0.25, 0.3) is 11.3 Å². The summed E-state index contributed by atoms with van der Waals surface area (Å²) in [5.74, 6) is -2.55. The van der Waals surface area contributed by atoms with Crippen molar-refractivity contribution in [2.24, 2.45) is 0 Å². The summed E-state index contributed by atoms with van der Waals surface area (Å²) in [6, 6.07) is 14.1. The van der Waals surface area contributed by atoms with E-state index in [1.165, 1.54) is 6.07 Å². The first-order valence-corrected chi connectivity index (χ1v) is 15.6. The van der Waals surface area contributed by atoms with Crippen molar-refractivity contribution >= 4 is 41.0 Å². The second kappa shape index (κ2) is 15.0. The molecular formula is C35H37F2N7O4. The molecule has 5 rings (SSSR count). The molecule has 48 heavy (non-hydrogen) atoms. The lowest BCUT2D eigenvalue weighted by Gasteiger charge is -2.31. The Kier molecular flexibility index (Phi) is 10.6. The molecule has 3 amide bonds. The zero-order valence-electron chi connectivity index (χ0n) is 27.2. The maximum Gasteiger partial charge on any atom is 0.338 e. The number of hydrogen-bond acceptors (Lipinski definition) is 8. The Morgan fingerprint density at radius 1 is 1.02 bits per heavy atom. The van der Waals surface area contributed by atoms with Gasteiger partial charge in [-0.05, 0) is 81.5 Å². The lowest BCUT2D eigenvalue weighted by atomic mass is 9.97. The second-order valence-corrected chi connectivity index (χ2v) is 11.5. The summed E-state index contributed by atoms with van der Waals surface area (Å²) in [6.45, 7) is 5.27. The molecule has 13 heteroatoms. The number of likely N-dealkylation sites (N-methyl/N-ethyl adjacent to an activating group) is 1. The fourth-order valence-electron chi connectivity index (χ4n) is 5.07. The van der Waals surface area contributed by atoms with Gasteiger partial charge in [0.05, 0.1) is 24.4 Å². The smallest absolute Gasteiger partial charge is 0.338 e. The van der Waals surface area contributed by atoms with Crippen LogP contribution in [-0.2, 0) is 11.3 Å². The third-order valence-corrected chi connectivity index (χ3v) is 7.68. The fourth-order valence-corrected chi connectivity index (χ4v) is 5.07. The average molecular weight is 658 g/mol. The van der Waals surface area contributed by atoms with Crippen molar-refractivity contribution in [3.8, 4) is 11.3 Å². The van der Waals surface area contributed by atoms with E-state index in [2.05, 4.69) is 20.9 Å². The Hall–Kier alpha value is -5.43. The molecule has 250 valence electrons. The van der Waals surface area contributed by atoms with Crippen molar-refractivity contribution in [1.29, 1.82) is 0 Å². The van der Waals surface area contributed by atoms with Crippen LogP contribution in [0.3, 0.4) is 0 Å². The zero-order valence-corrected chi connectivity index (χ0v) is 27.2. The summed E-state index contributed by atoms with van der Waals surface area (Å²) in [5, 5.41) is 8.67. The molecular weight excluding hydrogens is 620 g/mol. The van der Waals surface area contributed by atoms with Gasteiger partial charge in [-0.2, -0.15) is 4.98 Å². The number of unbranched alkanes of at least 4 members (excludes halogenated alkanes) is 1. The van der Waals surface area contributed by atoms with Gasteiger partial charge in [0.1, 0.15) is 17.3 Å². The summed E-state index contributed by atoms with van der Waals surface area (Å²) >= 11 is 0. The molecule has 0 fully saturated rings. The quantitative estimate of drug-likeness (QED) is 0.120. The molecule has 4 aromatic rings. The number of aromatic nitrogens is 2. The number of carbonyl (C=O) groups is 3. The second-order valence-electron chi connectivity index (χ2n) is 11.5. The number of benzene rings is 3. The highest BCUT2D eigenvalue weighted by atomic mass is 19.1. The van der Waals surface area contributed by atoms with Crippen molar-refractivity contribution in [1.82, 2.24) is 20.2 Å². The van der Waals surface area contributed by atoms with Crippen molar-refractivity contribution in [3.05, 3.63) is 94.6 Å². The largest absolute Gasteiger partial charge is 0.462 e. The van der Waals surface area contributed by atoms with Gasteiger partial charge >= 0.3 is 12.0 Å². The molecule has 1 aliphatic heterocycles.